The van der Waals surface area contributed by atoms with Crippen molar-refractivity contribution in [3.05, 3.63) is 29.8 Å². The maximum absolute atomic E-state index is 12.6. The van der Waals surface area contributed by atoms with Crippen LogP contribution in [0.15, 0.2) is 24.3 Å². The number of rotatable bonds is 2. The third kappa shape index (κ3) is 1.53. The average molecular weight is 287 g/mol. The molecule has 0 spiro atoms. The largest absolute Gasteiger partial charge is 0.478 e. The van der Waals surface area contributed by atoms with E-state index in [-0.39, 0.29) is 35.3 Å². The van der Waals surface area contributed by atoms with Crippen molar-refractivity contribution >= 4 is 23.5 Å². The van der Waals surface area contributed by atoms with E-state index < -0.39 is 17.8 Å². The van der Waals surface area contributed by atoms with Gasteiger partial charge in [-0.25, -0.2) is 9.69 Å². The van der Waals surface area contributed by atoms with Crippen LogP contribution in [-0.4, -0.2) is 35.1 Å². The Morgan fingerprint density at radius 1 is 1.10 bits per heavy atom. The van der Waals surface area contributed by atoms with Gasteiger partial charge in [0.2, 0.25) is 11.8 Å². The van der Waals surface area contributed by atoms with E-state index in [1.54, 1.807) is 12.1 Å². The molecule has 0 radical (unpaired) electrons. The van der Waals surface area contributed by atoms with Crippen molar-refractivity contribution in [2.45, 2.75) is 25.0 Å². The van der Waals surface area contributed by atoms with Crippen molar-refractivity contribution in [1.82, 2.24) is 0 Å². The van der Waals surface area contributed by atoms with Crippen LogP contribution < -0.4 is 4.90 Å². The first-order chi connectivity index (χ1) is 10.1. The number of aromatic carboxylic acids is 1. The lowest BCUT2D eigenvalue weighted by molar-refractivity contribution is -0.124. The van der Waals surface area contributed by atoms with E-state index in [9.17, 15) is 19.5 Å². The molecule has 21 heavy (non-hydrogen) atoms. The second kappa shape index (κ2) is 4.14. The number of fused-ring (bicyclic) bond motifs is 5. The molecule has 3 aliphatic heterocycles. The minimum Gasteiger partial charge on any atom is -0.478 e. The molecule has 6 heteroatoms. The van der Waals surface area contributed by atoms with Gasteiger partial charge in [0.1, 0.15) is 0 Å². The number of carboxylic acid groups (broad SMARTS) is 1. The van der Waals surface area contributed by atoms with Crippen molar-refractivity contribution in [2.24, 2.45) is 11.8 Å². The predicted octanol–water partition coefficient (Wildman–Crippen LogP) is 1.05. The minimum atomic E-state index is -1.15. The van der Waals surface area contributed by atoms with E-state index >= 15 is 0 Å². The van der Waals surface area contributed by atoms with E-state index in [2.05, 4.69) is 0 Å². The van der Waals surface area contributed by atoms with Crippen molar-refractivity contribution in [1.29, 1.82) is 0 Å². The Morgan fingerprint density at radius 3 is 2.24 bits per heavy atom. The Bertz CT molecular complexity index is 642. The highest BCUT2D eigenvalue weighted by Gasteiger charge is 2.62. The zero-order valence-electron chi connectivity index (χ0n) is 11.1. The monoisotopic (exact) mass is 287 g/mol. The number of anilines is 1. The Kier molecular flexibility index (Phi) is 2.47. The van der Waals surface area contributed by atoms with Crippen molar-refractivity contribution < 1.29 is 24.2 Å². The minimum absolute atomic E-state index is 0.0348. The summed E-state index contributed by atoms with van der Waals surface area (Å²) < 4.78 is 5.66. The molecular formula is C15H13NO5. The molecular weight excluding hydrogens is 274 g/mol. The zero-order valence-corrected chi connectivity index (χ0v) is 11.1. The van der Waals surface area contributed by atoms with E-state index in [0.29, 0.717) is 0 Å². The molecule has 108 valence electrons. The molecule has 3 heterocycles. The Labute approximate surface area is 120 Å². The summed E-state index contributed by atoms with van der Waals surface area (Å²) in [6.07, 6.45) is 1.19. The van der Waals surface area contributed by atoms with Gasteiger partial charge in [-0.3, -0.25) is 9.59 Å². The number of nitrogens with zero attached hydrogens (tertiary/aromatic N) is 1. The van der Waals surface area contributed by atoms with Gasteiger partial charge in [0.05, 0.1) is 35.3 Å². The lowest BCUT2D eigenvalue weighted by Gasteiger charge is -2.19. The van der Waals surface area contributed by atoms with Crippen LogP contribution in [0.25, 0.3) is 0 Å². The van der Waals surface area contributed by atoms with Crippen LogP contribution in [0.5, 0.6) is 0 Å². The summed E-state index contributed by atoms with van der Waals surface area (Å²) in [5.41, 5.74) is 0.126. The summed E-state index contributed by atoms with van der Waals surface area (Å²) in [5.74, 6) is -2.70. The maximum atomic E-state index is 12.6. The van der Waals surface area contributed by atoms with Gasteiger partial charge in [-0.1, -0.05) is 12.1 Å². The molecule has 1 aromatic rings. The first-order valence-electron chi connectivity index (χ1n) is 6.95. The fourth-order valence-corrected chi connectivity index (χ4v) is 3.80. The number of amides is 2. The van der Waals surface area contributed by atoms with Crippen LogP contribution in [0, 0.1) is 11.8 Å². The van der Waals surface area contributed by atoms with Crippen LogP contribution in [0.3, 0.4) is 0 Å². The van der Waals surface area contributed by atoms with Gasteiger partial charge >= 0.3 is 5.97 Å². The molecule has 3 aliphatic rings. The number of hydrogen-bond donors (Lipinski definition) is 1. The third-order valence-corrected chi connectivity index (χ3v) is 4.66. The lowest BCUT2D eigenvalue weighted by atomic mass is 9.81. The van der Waals surface area contributed by atoms with E-state index in [4.69, 9.17) is 4.74 Å². The smallest absolute Gasteiger partial charge is 0.337 e. The molecule has 6 nitrogen and oxygen atoms in total. The quantitative estimate of drug-likeness (QED) is 0.822. The maximum Gasteiger partial charge on any atom is 0.337 e. The number of ether oxygens (including phenoxy) is 1. The molecule has 0 aromatic heterocycles. The van der Waals surface area contributed by atoms with Gasteiger partial charge in [0.15, 0.2) is 0 Å². The number of hydrogen-bond acceptors (Lipinski definition) is 4. The fraction of sp³-hybridized carbons (Fsp3) is 0.400. The first kappa shape index (κ1) is 12.5. The first-order valence-corrected chi connectivity index (χ1v) is 6.95. The molecule has 2 bridgehead atoms. The van der Waals surface area contributed by atoms with Crippen LogP contribution in [0.4, 0.5) is 5.69 Å². The summed E-state index contributed by atoms with van der Waals surface area (Å²) >= 11 is 0. The highest BCUT2D eigenvalue weighted by Crippen LogP contribution is 2.49. The Balaban J connectivity index is 1.79. The number of carboxylic acids is 1. The summed E-state index contributed by atoms with van der Waals surface area (Å²) in [6.45, 7) is 0. The summed E-state index contributed by atoms with van der Waals surface area (Å²) in [4.78, 5) is 37.5. The number of carbonyl (C=O) groups is 3. The van der Waals surface area contributed by atoms with E-state index in [1.807, 2.05) is 0 Å². The van der Waals surface area contributed by atoms with Gasteiger partial charge in [-0.05, 0) is 25.0 Å². The second-order valence-corrected chi connectivity index (χ2v) is 5.68. The molecule has 2 amide bonds. The molecule has 4 rings (SSSR count). The summed E-state index contributed by atoms with van der Waals surface area (Å²) in [5, 5.41) is 9.24. The van der Waals surface area contributed by atoms with Crippen molar-refractivity contribution in [2.75, 3.05) is 4.90 Å². The van der Waals surface area contributed by atoms with Gasteiger partial charge in [0, 0.05) is 0 Å². The van der Waals surface area contributed by atoms with Crippen LogP contribution in [0.2, 0.25) is 0 Å². The molecule has 3 saturated heterocycles. The topological polar surface area (TPSA) is 83.9 Å². The Hall–Kier alpha value is -2.21. The number of para-hydroxylation sites is 1. The average Bonchev–Trinajstić information content (AvgIpc) is 3.13. The van der Waals surface area contributed by atoms with Crippen LogP contribution >= 0.6 is 0 Å². The van der Waals surface area contributed by atoms with Crippen LogP contribution in [0.1, 0.15) is 23.2 Å². The van der Waals surface area contributed by atoms with Crippen molar-refractivity contribution in [3.63, 3.8) is 0 Å². The summed E-state index contributed by atoms with van der Waals surface area (Å²) in [6, 6.07) is 6.10. The van der Waals surface area contributed by atoms with E-state index in [1.165, 1.54) is 12.1 Å². The molecule has 0 aliphatic carbocycles. The van der Waals surface area contributed by atoms with Gasteiger partial charge in [-0.2, -0.15) is 0 Å². The standard InChI is InChI=1S/C15H13NO5/c17-13-11-9-5-6-10(21-9)12(11)14(18)16(13)8-4-2-1-3-7(8)15(19)20/h1-4,9-12H,5-6H2,(H,19,20). The van der Waals surface area contributed by atoms with Crippen LogP contribution in [-0.2, 0) is 14.3 Å². The summed E-state index contributed by atoms with van der Waals surface area (Å²) in [7, 11) is 0. The SMILES string of the molecule is O=C(O)c1ccccc1N1C(=O)C2C3CCC(O3)C2C1=O. The van der Waals surface area contributed by atoms with E-state index in [0.717, 1.165) is 17.7 Å². The number of imide groups is 1. The highest BCUT2D eigenvalue weighted by molar-refractivity contribution is 6.24. The zero-order chi connectivity index (χ0) is 14.7. The molecule has 4 unspecified atom stereocenters. The number of carbonyl (C=O) groups excluding carboxylic acids is 2. The second-order valence-electron chi connectivity index (χ2n) is 5.68. The van der Waals surface area contributed by atoms with Gasteiger partial charge in [0.25, 0.3) is 0 Å². The molecule has 4 atom stereocenters. The molecule has 1 N–H and O–H groups in total. The normalized spacial score (nSPS) is 33.6. The Morgan fingerprint density at radius 2 is 1.67 bits per heavy atom. The molecule has 0 saturated carbocycles. The van der Waals surface area contributed by atoms with Crippen molar-refractivity contribution in [3.8, 4) is 0 Å². The molecule has 1 aromatic carbocycles. The third-order valence-electron chi connectivity index (χ3n) is 4.66. The highest BCUT2D eigenvalue weighted by atomic mass is 16.5. The fourth-order valence-electron chi connectivity index (χ4n) is 3.80. The molecule has 3 fully saturated rings. The lowest BCUT2D eigenvalue weighted by Crippen LogP contribution is -2.35. The van der Waals surface area contributed by atoms with Gasteiger partial charge < -0.3 is 9.84 Å². The predicted molar refractivity (Wildman–Crippen MR) is 70.8 cm³/mol. The van der Waals surface area contributed by atoms with Gasteiger partial charge in [-0.15, -0.1) is 0 Å². The number of benzene rings is 1.